The zero-order valence-electron chi connectivity index (χ0n) is 6.62. The molecule has 1 N–H and O–H groups in total. The van der Waals surface area contributed by atoms with Gasteiger partial charge in [0.25, 0.3) is 0 Å². The Morgan fingerprint density at radius 1 is 1.82 bits per heavy atom. The summed E-state index contributed by atoms with van der Waals surface area (Å²) in [5, 5.41) is 8.87. The summed E-state index contributed by atoms with van der Waals surface area (Å²) in [6, 6.07) is 0.0625. The highest BCUT2D eigenvalue weighted by atomic mass is 32.2. The van der Waals surface area contributed by atoms with Crippen molar-refractivity contribution in [3.05, 3.63) is 0 Å². The van der Waals surface area contributed by atoms with Crippen LogP contribution in [-0.2, 0) is 4.79 Å². The predicted molar refractivity (Wildman–Crippen MR) is 45.3 cm³/mol. The van der Waals surface area contributed by atoms with Gasteiger partial charge >= 0.3 is 0 Å². The number of hydrogen-bond donors (Lipinski definition) is 1. The van der Waals surface area contributed by atoms with E-state index in [1.165, 1.54) is 0 Å². The average Bonchev–Trinajstić information content (AvgIpc) is 2.50. The highest BCUT2D eigenvalue weighted by molar-refractivity contribution is 7.99. The molecule has 1 aliphatic heterocycles. The fourth-order valence-corrected chi connectivity index (χ4v) is 2.33. The molecular weight excluding hydrogens is 162 g/mol. The number of carbonyl (C=O) groups excluding carboxylic acids is 1. The lowest BCUT2D eigenvalue weighted by Gasteiger charge is -2.20. The SMILES string of the molecule is CCC(=O)N1CSCC1CO. The smallest absolute Gasteiger partial charge is 0.223 e. The molecule has 0 spiro atoms. The molecule has 0 bridgehead atoms. The van der Waals surface area contributed by atoms with E-state index in [2.05, 4.69) is 0 Å². The monoisotopic (exact) mass is 175 g/mol. The number of rotatable bonds is 2. The third-order valence-corrected chi connectivity index (χ3v) is 2.90. The summed E-state index contributed by atoms with van der Waals surface area (Å²) in [6.07, 6.45) is 0.539. The first-order chi connectivity index (χ1) is 5.29. The lowest BCUT2D eigenvalue weighted by Crippen LogP contribution is -2.38. The van der Waals surface area contributed by atoms with Gasteiger partial charge in [0.15, 0.2) is 0 Å². The summed E-state index contributed by atoms with van der Waals surface area (Å²) in [5.74, 6) is 1.77. The van der Waals surface area contributed by atoms with Gasteiger partial charge < -0.3 is 10.0 Å². The van der Waals surface area contributed by atoms with Gasteiger partial charge in [0.05, 0.1) is 18.5 Å². The molecule has 0 aromatic carbocycles. The second kappa shape index (κ2) is 3.97. The molecule has 1 saturated heterocycles. The van der Waals surface area contributed by atoms with E-state index in [0.717, 1.165) is 11.6 Å². The summed E-state index contributed by atoms with van der Waals surface area (Å²) < 4.78 is 0. The minimum atomic E-state index is 0.0625. The Morgan fingerprint density at radius 2 is 2.55 bits per heavy atom. The molecule has 11 heavy (non-hydrogen) atoms. The van der Waals surface area contributed by atoms with Crippen molar-refractivity contribution in [2.75, 3.05) is 18.2 Å². The zero-order chi connectivity index (χ0) is 8.27. The Labute approximate surface area is 70.8 Å². The molecule has 3 nitrogen and oxygen atoms in total. The van der Waals surface area contributed by atoms with Crippen LogP contribution in [0.15, 0.2) is 0 Å². The molecule has 0 aliphatic carbocycles. The molecule has 64 valence electrons. The normalized spacial score (nSPS) is 24.2. The van der Waals surface area contributed by atoms with Crippen molar-refractivity contribution in [3.8, 4) is 0 Å². The van der Waals surface area contributed by atoms with Crippen LogP contribution in [0, 0.1) is 0 Å². The summed E-state index contributed by atoms with van der Waals surface area (Å²) in [4.78, 5) is 12.9. The second-order valence-corrected chi connectivity index (χ2v) is 3.55. The van der Waals surface area contributed by atoms with Crippen molar-refractivity contribution >= 4 is 17.7 Å². The summed E-state index contributed by atoms with van der Waals surface area (Å²) in [6.45, 7) is 1.94. The number of nitrogens with zero attached hydrogens (tertiary/aromatic N) is 1. The van der Waals surface area contributed by atoms with E-state index in [4.69, 9.17) is 5.11 Å². The number of aliphatic hydroxyl groups excluding tert-OH is 1. The minimum absolute atomic E-state index is 0.0625. The quantitative estimate of drug-likeness (QED) is 0.656. The van der Waals surface area contributed by atoms with E-state index in [-0.39, 0.29) is 18.6 Å². The highest BCUT2D eigenvalue weighted by Gasteiger charge is 2.26. The van der Waals surface area contributed by atoms with Crippen LogP contribution in [-0.4, -0.2) is 40.2 Å². The minimum Gasteiger partial charge on any atom is -0.394 e. The zero-order valence-corrected chi connectivity index (χ0v) is 7.43. The van der Waals surface area contributed by atoms with Crippen molar-refractivity contribution in [2.24, 2.45) is 0 Å². The molecular formula is C7H13NO2S. The molecule has 1 heterocycles. The first kappa shape index (κ1) is 8.87. The number of hydrogen-bond acceptors (Lipinski definition) is 3. The molecule has 4 heteroatoms. The summed E-state index contributed by atoms with van der Waals surface area (Å²) in [7, 11) is 0. The first-order valence-corrected chi connectivity index (χ1v) is 4.93. The Morgan fingerprint density at radius 3 is 3.09 bits per heavy atom. The maximum Gasteiger partial charge on any atom is 0.223 e. The predicted octanol–water partition coefficient (Wildman–Crippen LogP) is 0.290. The number of aliphatic hydroxyl groups is 1. The van der Waals surface area contributed by atoms with Crippen molar-refractivity contribution < 1.29 is 9.90 Å². The third kappa shape index (κ3) is 1.87. The Bertz CT molecular complexity index is 151. The molecule has 0 aromatic rings. The topological polar surface area (TPSA) is 40.5 Å². The van der Waals surface area contributed by atoms with E-state index in [1.54, 1.807) is 16.7 Å². The van der Waals surface area contributed by atoms with E-state index in [9.17, 15) is 4.79 Å². The molecule has 1 unspecified atom stereocenters. The average molecular weight is 175 g/mol. The largest absolute Gasteiger partial charge is 0.394 e. The van der Waals surface area contributed by atoms with Gasteiger partial charge in [-0.25, -0.2) is 0 Å². The number of carbonyl (C=O) groups is 1. The maximum absolute atomic E-state index is 11.2. The second-order valence-electron chi connectivity index (χ2n) is 2.55. The van der Waals surface area contributed by atoms with Crippen molar-refractivity contribution in [1.29, 1.82) is 0 Å². The third-order valence-electron chi connectivity index (χ3n) is 1.81. The first-order valence-electron chi connectivity index (χ1n) is 3.77. The van der Waals surface area contributed by atoms with Gasteiger partial charge in [0.1, 0.15) is 0 Å². The van der Waals surface area contributed by atoms with E-state index < -0.39 is 0 Å². The van der Waals surface area contributed by atoms with Crippen molar-refractivity contribution in [1.82, 2.24) is 4.90 Å². The van der Waals surface area contributed by atoms with E-state index in [0.29, 0.717) is 6.42 Å². The lowest BCUT2D eigenvalue weighted by molar-refractivity contribution is -0.131. The van der Waals surface area contributed by atoms with Gasteiger partial charge in [-0.05, 0) is 0 Å². The van der Waals surface area contributed by atoms with Crippen LogP contribution in [0.25, 0.3) is 0 Å². The van der Waals surface area contributed by atoms with Gasteiger partial charge in [-0.2, -0.15) is 0 Å². The van der Waals surface area contributed by atoms with Gasteiger partial charge in [-0.1, -0.05) is 6.92 Å². The molecule has 0 radical (unpaired) electrons. The van der Waals surface area contributed by atoms with Gasteiger partial charge in [-0.15, -0.1) is 11.8 Å². The summed E-state index contributed by atoms with van der Waals surface area (Å²) >= 11 is 1.70. The molecule has 1 amide bonds. The van der Waals surface area contributed by atoms with Crippen LogP contribution in [0.1, 0.15) is 13.3 Å². The van der Waals surface area contributed by atoms with Crippen molar-refractivity contribution in [3.63, 3.8) is 0 Å². The van der Waals surface area contributed by atoms with Crippen LogP contribution in [0.4, 0.5) is 0 Å². The van der Waals surface area contributed by atoms with Gasteiger partial charge in [-0.3, -0.25) is 4.79 Å². The highest BCUT2D eigenvalue weighted by Crippen LogP contribution is 2.20. The van der Waals surface area contributed by atoms with Crippen LogP contribution in [0.2, 0.25) is 0 Å². The molecule has 1 fully saturated rings. The van der Waals surface area contributed by atoms with Crippen LogP contribution >= 0.6 is 11.8 Å². The van der Waals surface area contributed by atoms with Crippen LogP contribution < -0.4 is 0 Å². The summed E-state index contributed by atoms with van der Waals surface area (Å²) in [5.41, 5.74) is 0. The molecule has 0 saturated carbocycles. The van der Waals surface area contributed by atoms with Crippen LogP contribution in [0.5, 0.6) is 0 Å². The Kier molecular flexibility index (Phi) is 3.20. The van der Waals surface area contributed by atoms with Gasteiger partial charge in [0.2, 0.25) is 5.91 Å². The fraction of sp³-hybridized carbons (Fsp3) is 0.857. The van der Waals surface area contributed by atoms with E-state index in [1.807, 2.05) is 6.92 Å². The molecule has 0 aromatic heterocycles. The standard InChI is InChI=1S/C7H13NO2S/c1-2-7(10)8-5-11-4-6(8)3-9/h6,9H,2-5H2,1H3. The molecule has 1 atom stereocenters. The maximum atomic E-state index is 11.2. The number of thioether (sulfide) groups is 1. The number of amides is 1. The lowest BCUT2D eigenvalue weighted by atomic mass is 10.3. The van der Waals surface area contributed by atoms with Crippen molar-refractivity contribution in [2.45, 2.75) is 19.4 Å². The molecule has 1 aliphatic rings. The van der Waals surface area contributed by atoms with Crippen LogP contribution in [0.3, 0.4) is 0 Å². The van der Waals surface area contributed by atoms with E-state index >= 15 is 0 Å². The Balaban J connectivity index is 2.49. The van der Waals surface area contributed by atoms with Gasteiger partial charge in [0, 0.05) is 12.2 Å². The molecule has 1 rings (SSSR count). The fourth-order valence-electron chi connectivity index (χ4n) is 1.11. The Hall–Kier alpha value is -0.220.